The van der Waals surface area contributed by atoms with E-state index in [0.29, 0.717) is 38.4 Å². The predicted molar refractivity (Wildman–Crippen MR) is 116 cm³/mol. The molecule has 0 spiro atoms. The van der Waals surface area contributed by atoms with Gasteiger partial charge in [0.15, 0.2) is 11.7 Å². The summed E-state index contributed by atoms with van der Waals surface area (Å²) in [5.41, 5.74) is 2.78. The van der Waals surface area contributed by atoms with Gasteiger partial charge in [-0.2, -0.15) is 0 Å². The number of hydrogen-bond acceptors (Lipinski definition) is 5. The number of benzene rings is 2. The normalized spacial score (nSPS) is 14.8. The molecular weight excluding hydrogens is 378 g/mol. The van der Waals surface area contributed by atoms with Crippen molar-refractivity contribution in [2.24, 2.45) is 0 Å². The van der Waals surface area contributed by atoms with Crippen LogP contribution in [0.1, 0.15) is 12.3 Å². The number of β-amino-alcohol motifs (C(OH)–C–C–N with tert-alkyl or cyclic N) is 1. The van der Waals surface area contributed by atoms with Gasteiger partial charge >= 0.3 is 0 Å². The zero-order chi connectivity index (χ0) is 20.8. The van der Waals surface area contributed by atoms with Crippen LogP contribution in [-0.2, 0) is 11.2 Å². The van der Waals surface area contributed by atoms with Crippen LogP contribution in [0.4, 0.5) is 0 Å². The van der Waals surface area contributed by atoms with Gasteiger partial charge in [-0.25, -0.2) is 4.98 Å². The van der Waals surface area contributed by atoms with Crippen molar-refractivity contribution in [1.29, 1.82) is 0 Å². The largest absolute Gasteiger partial charge is 0.440 e. The molecule has 2 heterocycles. The number of aryl methyl sites for hydroxylation is 1. The molecule has 3 aromatic rings. The smallest absolute Gasteiger partial charge is 0.223 e. The van der Waals surface area contributed by atoms with E-state index in [0.717, 1.165) is 35.7 Å². The molecule has 2 aromatic carbocycles. The number of aliphatic hydroxyl groups is 1. The molecule has 4 rings (SSSR count). The minimum atomic E-state index is 0.124. The zero-order valence-corrected chi connectivity index (χ0v) is 17.0. The Bertz CT molecular complexity index is 891. The van der Waals surface area contributed by atoms with E-state index >= 15 is 0 Å². The first-order chi connectivity index (χ1) is 14.7. The minimum absolute atomic E-state index is 0.124. The van der Waals surface area contributed by atoms with Crippen LogP contribution in [0.15, 0.2) is 65.1 Å². The van der Waals surface area contributed by atoms with Gasteiger partial charge in [-0.1, -0.05) is 60.7 Å². The van der Waals surface area contributed by atoms with Crippen LogP contribution in [0, 0.1) is 0 Å². The van der Waals surface area contributed by atoms with Crippen molar-refractivity contribution in [3.8, 4) is 22.6 Å². The number of carbonyl (C=O) groups excluding carboxylic acids is 1. The third kappa shape index (κ3) is 4.78. The van der Waals surface area contributed by atoms with Crippen LogP contribution in [0.2, 0.25) is 0 Å². The highest BCUT2D eigenvalue weighted by Crippen LogP contribution is 2.32. The van der Waals surface area contributed by atoms with E-state index < -0.39 is 0 Å². The Morgan fingerprint density at radius 3 is 2.20 bits per heavy atom. The third-order valence-corrected chi connectivity index (χ3v) is 5.45. The van der Waals surface area contributed by atoms with E-state index in [9.17, 15) is 4.79 Å². The lowest BCUT2D eigenvalue weighted by atomic mass is 10.1. The molecule has 0 radical (unpaired) electrons. The van der Waals surface area contributed by atoms with E-state index in [2.05, 4.69) is 4.90 Å². The van der Waals surface area contributed by atoms with Gasteiger partial charge in [-0.3, -0.25) is 9.69 Å². The van der Waals surface area contributed by atoms with Gasteiger partial charge < -0.3 is 14.4 Å². The summed E-state index contributed by atoms with van der Waals surface area (Å²) < 4.78 is 6.12. The summed E-state index contributed by atoms with van der Waals surface area (Å²) in [6.07, 6.45) is 0.853. The number of aliphatic hydroxyl groups excluding tert-OH is 1. The monoisotopic (exact) mass is 405 g/mol. The van der Waals surface area contributed by atoms with E-state index in [1.165, 1.54) is 0 Å². The van der Waals surface area contributed by atoms with E-state index in [1.807, 2.05) is 65.6 Å². The summed E-state index contributed by atoms with van der Waals surface area (Å²) in [7, 11) is 0. The van der Waals surface area contributed by atoms with Gasteiger partial charge in [0, 0.05) is 56.7 Å². The molecule has 0 unspecified atom stereocenters. The van der Waals surface area contributed by atoms with Crippen LogP contribution in [0.5, 0.6) is 0 Å². The molecule has 1 N–H and O–H groups in total. The van der Waals surface area contributed by atoms with Gasteiger partial charge in [-0.15, -0.1) is 0 Å². The summed E-state index contributed by atoms with van der Waals surface area (Å²) in [6, 6.07) is 19.9. The maximum atomic E-state index is 12.7. The molecule has 1 saturated heterocycles. The predicted octanol–water partition coefficient (Wildman–Crippen LogP) is 3.08. The second-order valence-corrected chi connectivity index (χ2v) is 7.46. The van der Waals surface area contributed by atoms with Gasteiger partial charge in [0.1, 0.15) is 5.69 Å². The van der Waals surface area contributed by atoms with Crippen LogP contribution >= 0.6 is 0 Å². The van der Waals surface area contributed by atoms with Gasteiger partial charge in [0.05, 0.1) is 6.61 Å². The third-order valence-electron chi connectivity index (χ3n) is 5.45. The summed E-state index contributed by atoms with van der Waals surface area (Å²) >= 11 is 0. The average molecular weight is 405 g/mol. The molecule has 0 bridgehead atoms. The Labute approximate surface area is 176 Å². The Hall–Kier alpha value is -2.96. The first kappa shape index (κ1) is 20.3. The molecule has 6 nitrogen and oxygen atoms in total. The first-order valence-corrected chi connectivity index (χ1v) is 10.5. The van der Waals surface area contributed by atoms with Crippen molar-refractivity contribution in [3.63, 3.8) is 0 Å². The Kier molecular flexibility index (Phi) is 6.57. The highest BCUT2D eigenvalue weighted by Gasteiger charge is 2.22. The van der Waals surface area contributed by atoms with Crippen LogP contribution in [0.25, 0.3) is 22.6 Å². The fourth-order valence-corrected chi connectivity index (χ4v) is 3.78. The number of aromatic nitrogens is 1. The number of rotatable bonds is 7. The molecule has 1 fully saturated rings. The quantitative estimate of drug-likeness (QED) is 0.654. The fourth-order valence-electron chi connectivity index (χ4n) is 3.78. The zero-order valence-electron chi connectivity index (χ0n) is 17.0. The number of nitrogens with zero attached hydrogens (tertiary/aromatic N) is 3. The van der Waals surface area contributed by atoms with Crippen LogP contribution in [0.3, 0.4) is 0 Å². The summed E-state index contributed by atoms with van der Waals surface area (Å²) in [5.74, 6) is 1.45. The molecule has 6 heteroatoms. The summed E-state index contributed by atoms with van der Waals surface area (Å²) in [5, 5.41) is 9.05. The second-order valence-electron chi connectivity index (χ2n) is 7.46. The Morgan fingerprint density at radius 1 is 0.933 bits per heavy atom. The van der Waals surface area contributed by atoms with Crippen molar-refractivity contribution >= 4 is 5.91 Å². The number of hydrogen-bond donors (Lipinski definition) is 1. The van der Waals surface area contributed by atoms with Crippen LogP contribution in [-0.4, -0.2) is 65.1 Å². The SMILES string of the molecule is O=C(CCc1nc(-c2ccccc2)c(-c2ccccc2)o1)N1CCN(CCO)CC1. The lowest BCUT2D eigenvalue weighted by molar-refractivity contribution is -0.133. The van der Waals surface area contributed by atoms with Crippen molar-refractivity contribution in [2.45, 2.75) is 12.8 Å². The fraction of sp³-hybridized carbons (Fsp3) is 0.333. The molecular formula is C24H27N3O3. The second kappa shape index (κ2) is 9.69. The highest BCUT2D eigenvalue weighted by molar-refractivity contribution is 5.78. The first-order valence-electron chi connectivity index (χ1n) is 10.5. The van der Waals surface area contributed by atoms with Crippen molar-refractivity contribution in [1.82, 2.24) is 14.8 Å². The topological polar surface area (TPSA) is 69.8 Å². The van der Waals surface area contributed by atoms with Crippen molar-refractivity contribution < 1.29 is 14.3 Å². The van der Waals surface area contributed by atoms with Gasteiger partial charge in [-0.05, 0) is 0 Å². The molecule has 1 aliphatic heterocycles. The van der Waals surface area contributed by atoms with E-state index in [-0.39, 0.29) is 12.5 Å². The van der Waals surface area contributed by atoms with Gasteiger partial charge in [0.2, 0.25) is 5.91 Å². The highest BCUT2D eigenvalue weighted by atomic mass is 16.4. The molecule has 30 heavy (non-hydrogen) atoms. The van der Waals surface area contributed by atoms with Gasteiger partial charge in [0.25, 0.3) is 0 Å². The summed E-state index contributed by atoms with van der Waals surface area (Å²) in [4.78, 5) is 21.5. The Balaban J connectivity index is 1.46. The summed E-state index contributed by atoms with van der Waals surface area (Å²) in [6.45, 7) is 3.85. The maximum absolute atomic E-state index is 12.7. The Morgan fingerprint density at radius 2 is 1.57 bits per heavy atom. The molecule has 1 aliphatic rings. The molecule has 1 amide bonds. The number of amides is 1. The minimum Gasteiger partial charge on any atom is -0.440 e. The molecule has 0 atom stereocenters. The number of piperazine rings is 1. The lowest BCUT2D eigenvalue weighted by Gasteiger charge is -2.34. The maximum Gasteiger partial charge on any atom is 0.223 e. The standard InChI is InChI=1S/C24H27N3O3/c28-18-17-26-13-15-27(16-14-26)22(29)12-11-21-25-23(19-7-3-1-4-8-19)24(30-21)20-9-5-2-6-10-20/h1-10,28H,11-18H2. The number of oxazole rings is 1. The lowest BCUT2D eigenvalue weighted by Crippen LogP contribution is -2.49. The van der Waals surface area contributed by atoms with E-state index in [4.69, 9.17) is 14.5 Å². The van der Waals surface area contributed by atoms with E-state index in [1.54, 1.807) is 0 Å². The molecule has 0 saturated carbocycles. The number of carbonyl (C=O) groups is 1. The molecule has 0 aliphatic carbocycles. The molecule has 156 valence electrons. The van der Waals surface area contributed by atoms with Crippen molar-refractivity contribution in [2.75, 3.05) is 39.3 Å². The van der Waals surface area contributed by atoms with Crippen molar-refractivity contribution in [3.05, 3.63) is 66.6 Å². The van der Waals surface area contributed by atoms with Crippen LogP contribution < -0.4 is 0 Å². The molecule has 1 aromatic heterocycles. The average Bonchev–Trinajstić information content (AvgIpc) is 3.24.